The zero-order chi connectivity index (χ0) is 16.2. The van der Waals surface area contributed by atoms with E-state index >= 15 is 0 Å². The normalized spacial score (nSPS) is 18.0. The Kier molecular flexibility index (Phi) is 5.04. The van der Waals surface area contributed by atoms with Crippen LogP contribution in [0, 0.1) is 0 Å². The van der Waals surface area contributed by atoms with Gasteiger partial charge in [-0.05, 0) is 18.4 Å². The quantitative estimate of drug-likeness (QED) is 0.882. The average Bonchev–Trinajstić information content (AvgIpc) is 3.19. The number of nitrogens with zero attached hydrogens (tertiary/aromatic N) is 2. The molecule has 0 spiro atoms. The molecule has 6 nitrogen and oxygen atoms in total. The lowest BCUT2D eigenvalue weighted by molar-refractivity contribution is -0.133. The maximum Gasteiger partial charge on any atom is 0.267 e. The van der Waals surface area contributed by atoms with Gasteiger partial charge in [-0.15, -0.1) is 22.7 Å². The van der Waals surface area contributed by atoms with Crippen molar-refractivity contribution in [3.63, 3.8) is 0 Å². The molecular formula is C15H18N4O2S2. The van der Waals surface area contributed by atoms with E-state index in [0.717, 1.165) is 19.6 Å². The van der Waals surface area contributed by atoms with Crippen LogP contribution in [-0.2, 0) is 11.2 Å². The Balaban J connectivity index is 1.58. The van der Waals surface area contributed by atoms with Crippen molar-refractivity contribution in [3.05, 3.63) is 33.5 Å². The number of aromatic nitrogens is 1. The summed E-state index contributed by atoms with van der Waals surface area (Å²) in [7, 11) is 0. The third-order valence-corrected chi connectivity index (χ3v) is 5.35. The summed E-state index contributed by atoms with van der Waals surface area (Å²) in [5, 5.41) is 10.3. The lowest BCUT2D eigenvalue weighted by Crippen LogP contribution is -2.52. The number of anilines is 1. The lowest BCUT2D eigenvalue weighted by atomic mass is 10.2. The van der Waals surface area contributed by atoms with Gasteiger partial charge in [-0.1, -0.05) is 6.07 Å². The molecule has 0 radical (unpaired) electrons. The fraction of sp³-hybridized carbons (Fsp3) is 0.400. The van der Waals surface area contributed by atoms with Crippen molar-refractivity contribution >= 4 is 39.6 Å². The summed E-state index contributed by atoms with van der Waals surface area (Å²) in [6.07, 6.45) is 0.274. The van der Waals surface area contributed by atoms with Crippen molar-refractivity contribution in [1.29, 1.82) is 0 Å². The van der Waals surface area contributed by atoms with E-state index < -0.39 is 0 Å². The van der Waals surface area contributed by atoms with Gasteiger partial charge in [0.15, 0.2) is 5.13 Å². The van der Waals surface area contributed by atoms with Crippen LogP contribution in [-0.4, -0.2) is 47.4 Å². The van der Waals surface area contributed by atoms with E-state index in [4.69, 9.17) is 0 Å². The molecular weight excluding hydrogens is 332 g/mol. The number of piperazine rings is 1. The Hall–Kier alpha value is -1.77. The van der Waals surface area contributed by atoms with Crippen LogP contribution in [0.15, 0.2) is 22.9 Å². The van der Waals surface area contributed by atoms with Crippen LogP contribution < -0.4 is 10.6 Å². The Bertz CT molecular complexity index is 683. The van der Waals surface area contributed by atoms with Crippen molar-refractivity contribution in [2.24, 2.45) is 0 Å². The molecule has 1 aliphatic heterocycles. The van der Waals surface area contributed by atoms with Crippen LogP contribution in [0.1, 0.15) is 22.3 Å². The number of hydrogen-bond donors (Lipinski definition) is 2. The molecule has 1 atom stereocenters. The van der Waals surface area contributed by atoms with Crippen LogP contribution in [0.4, 0.5) is 5.13 Å². The SMILES string of the molecule is C[C@H]1CNCCN1C(=O)Cc1csc(NC(=O)c2cccs2)n1. The molecule has 3 heterocycles. The Morgan fingerprint density at radius 2 is 2.35 bits per heavy atom. The first-order chi connectivity index (χ1) is 11.1. The molecule has 1 aliphatic rings. The summed E-state index contributed by atoms with van der Waals surface area (Å²) in [5.74, 6) is -0.0802. The molecule has 2 amide bonds. The number of nitrogens with one attached hydrogen (secondary N) is 2. The highest BCUT2D eigenvalue weighted by Gasteiger charge is 2.23. The van der Waals surface area contributed by atoms with E-state index in [1.165, 1.54) is 22.7 Å². The molecule has 0 saturated carbocycles. The van der Waals surface area contributed by atoms with E-state index in [-0.39, 0.29) is 24.3 Å². The van der Waals surface area contributed by atoms with Crippen LogP contribution in [0.3, 0.4) is 0 Å². The highest BCUT2D eigenvalue weighted by atomic mass is 32.1. The van der Waals surface area contributed by atoms with Crippen molar-refractivity contribution < 1.29 is 9.59 Å². The first-order valence-electron chi connectivity index (χ1n) is 7.43. The summed E-state index contributed by atoms with van der Waals surface area (Å²) in [6.45, 7) is 4.42. The summed E-state index contributed by atoms with van der Waals surface area (Å²) < 4.78 is 0. The molecule has 8 heteroatoms. The van der Waals surface area contributed by atoms with E-state index in [1.54, 1.807) is 6.07 Å². The van der Waals surface area contributed by atoms with Crippen LogP contribution in [0.25, 0.3) is 0 Å². The molecule has 1 fully saturated rings. The maximum atomic E-state index is 12.4. The first-order valence-corrected chi connectivity index (χ1v) is 9.19. The molecule has 1 saturated heterocycles. The van der Waals surface area contributed by atoms with Crippen molar-refractivity contribution in [2.75, 3.05) is 25.0 Å². The van der Waals surface area contributed by atoms with Gasteiger partial charge in [-0.2, -0.15) is 0 Å². The van der Waals surface area contributed by atoms with Crippen molar-refractivity contribution in [3.8, 4) is 0 Å². The van der Waals surface area contributed by atoms with Crippen molar-refractivity contribution in [2.45, 2.75) is 19.4 Å². The predicted octanol–water partition coefficient (Wildman–Crippen LogP) is 1.82. The monoisotopic (exact) mass is 350 g/mol. The van der Waals surface area contributed by atoms with Gasteiger partial charge in [0.2, 0.25) is 5.91 Å². The van der Waals surface area contributed by atoms with Crippen LogP contribution in [0.5, 0.6) is 0 Å². The van der Waals surface area contributed by atoms with E-state index in [0.29, 0.717) is 15.7 Å². The second kappa shape index (κ2) is 7.20. The zero-order valence-corrected chi connectivity index (χ0v) is 14.4. The predicted molar refractivity (Wildman–Crippen MR) is 92.1 cm³/mol. The standard InChI is InChI=1S/C15H18N4O2S2/c1-10-8-16-4-5-19(10)13(20)7-11-9-23-15(17-11)18-14(21)12-3-2-6-22-12/h2-3,6,9-10,16H,4-5,7-8H2,1H3,(H,17,18,21)/t10-/m0/s1. The number of thiazole rings is 1. The number of rotatable bonds is 4. The molecule has 0 unspecified atom stereocenters. The lowest BCUT2D eigenvalue weighted by Gasteiger charge is -2.33. The molecule has 122 valence electrons. The van der Waals surface area contributed by atoms with Crippen molar-refractivity contribution in [1.82, 2.24) is 15.2 Å². The van der Waals surface area contributed by atoms with Gasteiger partial charge in [-0.3, -0.25) is 14.9 Å². The van der Waals surface area contributed by atoms with Gasteiger partial charge in [-0.25, -0.2) is 4.98 Å². The number of carbonyl (C=O) groups is 2. The van der Waals surface area contributed by atoms with Crippen LogP contribution >= 0.6 is 22.7 Å². The average molecular weight is 350 g/mol. The number of hydrogen-bond acceptors (Lipinski definition) is 6. The second-order valence-electron chi connectivity index (χ2n) is 5.39. The topological polar surface area (TPSA) is 74.3 Å². The smallest absolute Gasteiger partial charge is 0.267 e. The molecule has 2 N–H and O–H groups in total. The molecule has 23 heavy (non-hydrogen) atoms. The first kappa shape index (κ1) is 16.1. The number of carbonyl (C=O) groups excluding carboxylic acids is 2. The highest BCUT2D eigenvalue weighted by molar-refractivity contribution is 7.14. The molecule has 0 bridgehead atoms. The van der Waals surface area contributed by atoms with Gasteiger partial charge in [0, 0.05) is 31.1 Å². The Morgan fingerprint density at radius 1 is 1.48 bits per heavy atom. The Morgan fingerprint density at radius 3 is 3.09 bits per heavy atom. The summed E-state index contributed by atoms with van der Waals surface area (Å²) in [6, 6.07) is 3.80. The van der Waals surface area contributed by atoms with Gasteiger partial charge in [0.1, 0.15) is 0 Å². The summed E-state index contributed by atoms with van der Waals surface area (Å²) in [4.78, 5) is 31.2. The van der Waals surface area contributed by atoms with Gasteiger partial charge in [0.05, 0.1) is 17.0 Å². The zero-order valence-electron chi connectivity index (χ0n) is 12.7. The minimum absolute atomic E-state index is 0.0837. The molecule has 0 aliphatic carbocycles. The van der Waals surface area contributed by atoms with E-state index in [9.17, 15) is 9.59 Å². The molecule has 3 rings (SSSR count). The Labute approximate surface area is 142 Å². The fourth-order valence-electron chi connectivity index (χ4n) is 2.48. The van der Waals surface area contributed by atoms with Gasteiger partial charge >= 0.3 is 0 Å². The third kappa shape index (κ3) is 3.95. The summed E-state index contributed by atoms with van der Waals surface area (Å²) in [5.41, 5.74) is 0.701. The van der Waals surface area contributed by atoms with E-state index in [2.05, 4.69) is 15.6 Å². The van der Waals surface area contributed by atoms with Gasteiger partial charge < -0.3 is 10.2 Å². The molecule has 2 aromatic heterocycles. The maximum absolute atomic E-state index is 12.4. The third-order valence-electron chi connectivity index (χ3n) is 3.67. The minimum Gasteiger partial charge on any atom is -0.337 e. The van der Waals surface area contributed by atoms with E-state index in [1.807, 2.05) is 28.7 Å². The minimum atomic E-state index is -0.164. The fourth-order valence-corrected chi connectivity index (χ4v) is 3.80. The summed E-state index contributed by atoms with van der Waals surface area (Å²) >= 11 is 2.73. The molecule has 2 aromatic rings. The number of amides is 2. The molecule has 0 aromatic carbocycles. The van der Waals surface area contributed by atoms with Crippen LogP contribution in [0.2, 0.25) is 0 Å². The second-order valence-corrected chi connectivity index (χ2v) is 7.20. The van der Waals surface area contributed by atoms with Gasteiger partial charge in [0.25, 0.3) is 5.91 Å². The highest BCUT2D eigenvalue weighted by Crippen LogP contribution is 2.19. The largest absolute Gasteiger partial charge is 0.337 e. The number of thiophene rings is 1.